The smallest absolute Gasteiger partial charge is 0.337 e. The maximum Gasteiger partial charge on any atom is 0.337 e. The van der Waals surface area contributed by atoms with Gasteiger partial charge >= 0.3 is 5.97 Å². The van der Waals surface area contributed by atoms with Crippen LogP contribution in [0.15, 0.2) is 58.6 Å². The molecule has 0 saturated carbocycles. The van der Waals surface area contributed by atoms with Crippen LogP contribution in [0.25, 0.3) is 0 Å². The van der Waals surface area contributed by atoms with Crippen molar-refractivity contribution in [2.45, 2.75) is 9.92 Å². The van der Waals surface area contributed by atoms with Gasteiger partial charge in [-0.05, 0) is 24.3 Å². The van der Waals surface area contributed by atoms with Gasteiger partial charge in [-0.15, -0.1) is 23.5 Å². The highest BCUT2D eigenvalue weighted by Crippen LogP contribution is 2.21. The summed E-state index contributed by atoms with van der Waals surface area (Å²) in [6.07, 6.45) is 1.40. The zero-order chi connectivity index (χ0) is 13.5. The maximum absolute atomic E-state index is 10.7. The summed E-state index contributed by atoms with van der Waals surface area (Å²) in [6, 6.07) is 13.6. The van der Waals surface area contributed by atoms with Crippen LogP contribution in [0.4, 0.5) is 0 Å². The SMILES string of the molecule is O=C(O)c1ccc(SCCSc2ccccc2)nc1. The summed E-state index contributed by atoms with van der Waals surface area (Å²) in [7, 11) is 0. The van der Waals surface area contributed by atoms with Crippen LogP contribution in [-0.2, 0) is 0 Å². The second kappa shape index (κ2) is 7.21. The fraction of sp³-hybridized carbons (Fsp3) is 0.143. The summed E-state index contributed by atoms with van der Waals surface area (Å²) in [5.74, 6) is 0.999. The van der Waals surface area contributed by atoms with Crippen molar-refractivity contribution in [2.75, 3.05) is 11.5 Å². The average molecular weight is 291 g/mol. The number of nitrogens with zero attached hydrogens (tertiary/aromatic N) is 1. The van der Waals surface area contributed by atoms with Gasteiger partial charge in [0.2, 0.25) is 0 Å². The number of hydrogen-bond donors (Lipinski definition) is 1. The quantitative estimate of drug-likeness (QED) is 0.650. The largest absolute Gasteiger partial charge is 0.478 e. The molecule has 0 aliphatic carbocycles. The van der Waals surface area contributed by atoms with Crippen molar-refractivity contribution < 1.29 is 9.90 Å². The molecule has 5 heteroatoms. The van der Waals surface area contributed by atoms with Crippen molar-refractivity contribution in [3.8, 4) is 0 Å². The van der Waals surface area contributed by atoms with Crippen molar-refractivity contribution in [1.82, 2.24) is 4.98 Å². The van der Waals surface area contributed by atoms with Crippen LogP contribution in [0.1, 0.15) is 10.4 Å². The summed E-state index contributed by atoms with van der Waals surface area (Å²) >= 11 is 3.44. The molecule has 0 saturated heterocycles. The molecule has 0 fully saturated rings. The number of thioether (sulfide) groups is 2. The zero-order valence-electron chi connectivity index (χ0n) is 10.2. The third-order valence-corrected chi connectivity index (χ3v) is 4.55. The molecule has 0 unspecified atom stereocenters. The van der Waals surface area contributed by atoms with E-state index in [2.05, 4.69) is 17.1 Å². The molecule has 1 aromatic heterocycles. The molecule has 0 amide bonds. The van der Waals surface area contributed by atoms with Gasteiger partial charge in [0.15, 0.2) is 0 Å². The van der Waals surface area contributed by atoms with E-state index in [1.54, 1.807) is 35.7 Å². The Kier molecular flexibility index (Phi) is 5.30. The lowest BCUT2D eigenvalue weighted by molar-refractivity contribution is 0.0696. The van der Waals surface area contributed by atoms with E-state index in [9.17, 15) is 4.79 Å². The number of aromatic nitrogens is 1. The van der Waals surface area contributed by atoms with Crippen LogP contribution >= 0.6 is 23.5 Å². The van der Waals surface area contributed by atoms with E-state index in [0.29, 0.717) is 0 Å². The molecule has 19 heavy (non-hydrogen) atoms. The molecule has 0 aliphatic heterocycles. The van der Waals surface area contributed by atoms with E-state index < -0.39 is 5.97 Å². The predicted octanol–water partition coefficient (Wildman–Crippen LogP) is 3.66. The van der Waals surface area contributed by atoms with Gasteiger partial charge in [-0.3, -0.25) is 0 Å². The molecule has 0 radical (unpaired) electrons. The first-order valence-corrected chi connectivity index (χ1v) is 7.73. The monoisotopic (exact) mass is 291 g/mol. The molecule has 0 atom stereocenters. The fourth-order valence-corrected chi connectivity index (χ4v) is 3.17. The molecule has 1 N–H and O–H groups in total. The molecule has 98 valence electrons. The number of aromatic carboxylic acids is 1. The molecule has 1 heterocycles. The highest BCUT2D eigenvalue weighted by Gasteiger charge is 2.03. The Balaban J connectivity index is 1.75. The maximum atomic E-state index is 10.7. The van der Waals surface area contributed by atoms with Crippen LogP contribution in [0.5, 0.6) is 0 Å². The molecule has 2 rings (SSSR count). The van der Waals surface area contributed by atoms with Crippen molar-refractivity contribution in [3.05, 3.63) is 54.2 Å². The number of pyridine rings is 1. The lowest BCUT2D eigenvalue weighted by Crippen LogP contribution is -1.97. The van der Waals surface area contributed by atoms with E-state index in [4.69, 9.17) is 5.11 Å². The highest BCUT2D eigenvalue weighted by atomic mass is 32.2. The summed E-state index contributed by atoms with van der Waals surface area (Å²) in [4.78, 5) is 16.1. The molecule has 0 spiro atoms. The van der Waals surface area contributed by atoms with Gasteiger partial charge in [-0.1, -0.05) is 18.2 Å². The average Bonchev–Trinajstić information content (AvgIpc) is 2.45. The minimum absolute atomic E-state index is 0.225. The van der Waals surface area contributed by atoms with Crippen LogP contribution in [0, 0.1) is 0 Å². The molecule has 2 aromatic rings. The summed E-state index contributed by atoms with van der Waals surface area (Å²) in [6.45, 7) is 0. The van der Waals surface area contributed by atoms with Crippen molar-refractivity contribution in [2.24, 2.45) is 0 Å². The van der Waals surface area contributed by atoms with Gasteiger partial charge in [-0.2, -0.15) is 0 Å². The Hall–Kier alpha value is -1.46. The van der Waals surface area contributed by atoms with Crippen molar-refractivity contribution >= 4 is 29.5 Å². The molecule has 0 bridgehead atoms. The van der Waals surface area contributed by atoms with Gasteiger partial charge in [-0.25, -0.2) is 9.78 Å². The summed E-state index contributed by atoms with van der Waals surface area (Å²) in [5, 5.41) is 9.63. The Morgan fingerprint density at radius 2 is 1.79 bits per heavy atom. The molecular formula is C14H13NO2S2. The topological polar surface area (TPSA) is 50.2 Å². The number of benzene rings is 1. The van der Waals surface area contributed by atoms with Gasteiger partial charge < -0.3 is 5.11 Å². The summed E-state index contributed by atoms with van der Waals surface area (Å²) in [5.41, 5.74) is 0.225. The zero-order valence-corrected chi connectivity index (χ0v) is 11.8. The Morgan fingerprint density at radius 1 is 1.05 bits per heavy atom. The van der Waals surface area contributed by atoms with E-state index in [0.717, 1.165) is 16.5 Å². The minimum Gasteiger partial charge on any atom is -0.478 e. The first kappa shape index (κ1) is 14.0. The van der Waals surface area contributed by atoms with Gasteiger partial charge in [0.25, 0.3) is 0 Å². The first-order valence-electron chi connectivity index (χ1n) is 5.76. The number of rotatable bonds is 6. The number of carboxylic acid groups (broad SMARTS) is 1. The third kappa shape index (κ3) is 4.61. The van der Waals surface area contributed by atoms with Gasteiger partial charge in [0.05, 0.1) is 10.6 Å². The second-order valence-corrected chi connectivity index (χ2v) is 5.98. The van der Waals surface area contributed by atoms with Gasteiger partial charge in [0.1, 0.15) is 0 Å². The van der Waals surface area contributed by atoms with Crippen LogP contribution in [0.3, 0.4) is 0 Å². The Morgan fingerprint density at radius 3 is 2.42 bits per heavy atom. The lowest BCUT2D eigenvalue weighted by atomic mass is 10.3. The minimum atomic E-state index is -0.941. The van der Waals surface area contributed by atoms with Crippen molar-refractivity contribution in [3.63, 3.8) is 0 Å². The number of hydrogen-bond acceptors (Lipinski definition) is 4. The number of carboxylic acids is 1. The number of carbonyl (C=O) groups is 1. The fourth-order valence-electron chi connectivity index (χ4n) is 1.41. The highest BCUT2D eigenvalue weighted by molar-refractivity contribution is 8.02. The molecular weight excluding hydrogens is 278 g/mol. The summed E-state index contributed by atoms with van der Waals surface area (Å²) < 4.78 is 0. The van der Waals surface area contributed by atoms with E-state index >= 15 is 0 Å². The lowest BCUT2D eigenvalue weighted by Gasteiger charge is -2.02. The van der Waals surface area contributed by atoms with Gasteiger partial charge in [0, 0.05) is 22.6 Å². The van der Waals surface area contributed by atoms with Crippen molar-refractivity contribution in [1.29, 1.82) is 0 Å². The molecule has 3 nitrogen and oxygen atoms in total. The Labute approximate surface area is 120 Å². The first-order chi connectivity index (χ1) is 9.25. The van der Waals surface area contributed by atoms with Crippen LogP contribution in [-0.4, -0.2) is 27.6 Å². The third-order valence-electron chi connectivity index (χ3n) is 2.33. The van der Waals surface area contributed by atoms with E-state index in [1.807, 2.05) is 18.2 Å². The second-order valence-electron chi connectivity index (χ2n) is 3.70. The van der Waals surface area contributed by atoms with E-state index in [1.165, 1.54) is 11.1 Å². The van der Waals surface area contributed by atoms with Crippen LogP contribution < -0.4 is 0 Å². The van der Waals surface area contributed by atoms with E-state index in [-0.39, 0.29) is 5.56 Å². The molecule has 0 aliphatic rings. The normalized spacial score (nSPS) is 10.3. The predicted molar refractivity (Wildman–Crippen MR) is 79.1 cm³/mol. The standard InChI is InChI=1S/C14H13NO2S2/c16-14(17)11-6-7-13(15-10-11)19-9-8-18-12-4-2-1-3-5-12/h1-7,10H,8-9H2,(H,16,17). The Bertz CT molecular complexity index is 529. The molecule has 1 aromatic carbocycles. The van der Waals surface area contributed by atoms with Crippen LogP contribution in [0.2, 0.25) is 0 Å².